The van der Waals surface area contributed by atoms with Crippen molar-refractivity contribution in [3.63, 3.8) is 0 Å². The van der Waals surface area contributed by atoms with Crippen LogP contribution in [0.3, 0.4) is 0 Å². The molecule has 0 aliphatic heterocycles. The van der Waals surface area contributed by atoms with Gasteiger partial charge in [-0.1, -0.05) is 6.92 Å². The molecule has 0 aliphatic rings. The molecule has 1 aromatic carbocycles. The minimum Gasteiger partial charge on any atom is -0.497 e. The van der Waals surface area contributed by atoms with Crippen LogP contribution >= 0.6 is 0 Å². The highest BCUT2D eigenvalue weighted by Gasteiger charge is 2.05. The van der Waals surface area contributed by atoms with E-state index in [1.54, 1.807) is 14.2 Å². The lowest BCUT2D eigenvalue weighted by Crippen LogP contribution is -2.20. The first-order valence-corrected chi connectivity index (χ1v) is 6.33. The summed E-state index contributed by atoms with van der Waals surface area (Å²) in [5, 5.41) is 3.40. The van der Waals surface area contributed by atoms with Crippen LogP contribution in [-0.2, 0) is 6.54 Å². The van der Waals surface area contributed by atoms with Crippen molar-refractivity contribution >= 4 is 0 Å². The number of nitrogens with one attached hydrogen (secondary N) is 1. The van der Waals surface area contributed by atoms with E-state index in [0.29, 0.717) is 5.92 Å². The van der Waals surface area contributed by atoms with Crippen LogP contribution in [0.1, 0.15) is 18.9 Å². The van der Waals surface area contributed by atoms with Gasteiger partial charge in [-0.3, -0.25) is 0 Å². The third-order valence-electron chi connectivity index (χ3n) is 3.02. The molecule has 1 atom stereocenters. The second kappa shape index (κ2) is 7.95. The molecule has 0 aliphatic carbocycles. The highest BCUT2D eigenvalue weighted by molar-refractivity contribution is 5.40. The van der Waals surface area contributed by atoms with E-state index in [4.69, 9.17) is 15.2 Å². The van der Waals surface area contributed by atoms with E-state index in [1.165, 1.54) is 0 Å². The molecular formula is C14H24N2O2. The Hall–Kier alpha value is -1.26. The average molecular weight is 252 g/mol. The van der Waals surface area contributed by atoms with Crippen molar-refractivity contribution in [2.75, 3.05) is 27.3 Å². The summed E-state index contributed by atoms with van der Waals surface area (Å²) in [5.74, 6) is 2.29. The molecule has 0 saturated carbocycles. The average Bonchev–Trinajstić information content (AvgIpc) is 2.42. The molecular weight excluding hydrogens is 228 g/mol. The normalized spacial score (nSPS) is 12.2. The molecule has 0 saturated heterocycles. The number of hydrogen-bond donors (Lipinski definition) is 2. The summed E-state index contributed by atoms with van der Waals surface area (Å²) in [4.78, 5) is 0. The number of methoxy groups -OCH3 is 2. The summed E-state index contributed by atoms with van der Waals surface area (Å²) in [5.41, 5.74) is 6.69. The molecule has 1 aromatic rings. The van der Waals surface area contributed by atoms with Gasteiger partial charge in [-0.2, -0.15) is 0 Å². The van der Waals surface area contributed by atoms with Gasteiger partial charge in [0, 0.05) is 12.1 Å². The fourth-order valence-corrected chi connectivity index (χ4v) is 1.71. The summed E-state index contributed by atoms with van der Waals surface area (Å²) in [7, 11) is 3.35. The standard InChI is InChI=1S/C14H24N2O2/c1-11(9-15)6-7-16-10-12-8-13(17-2)4-5-14(12)18-3/h4-5,8,11,16H,6-7,9-10,15H2,1-3H3. The Morgan fingerprint density at radius 1 is 1.28 bits per heavy atom. The van der Waals surface area contributed by atoms with Crippen molar-refractivity contribution in [2.45, 2.75) is 19.9 Å². The third-order valence-corrected chi connectivity index (χ3v) is 3.02. The van der Waals surface area contributed by atoms with E-state index >= 15 is 0 Å². The SMILES string of the molecule is COc1ccc(OC)c(CNCCC(C)CN)c1. The molecule has 4 nitrogen and oxygen atoms in total. The number of rotatable bonds is 8. The Morgan fingerprint density at radius 2 is 2.06 bits per heavy atom. The van der Waals surface area contributed by atoms with Gasteiger partial charge in [-0.15, -0.1) is 0 Å². The van der Waals surface area contributed by atoms with Crippen LogP contribution in [-0.4, -0.2) is 27.3 Å². The molecule has 3 N–H and O–H groups in total. The van der Waals surface area contributed by atoms with Crippen LogP contribution in [0, 0.1) is 5.92 Å². The van der Waals surface area contributed by atoms with Gasteiger partial charge in [0.15, 0.2) is 0 Å². The van der Waals surface area contributed by atoms with Gasteiger partial charge in [-0.25, -0.2) is 0 Å². The second-order valence-corrected chi connectivity index (χ2v) is 4.48. The van der Waals surface area contributed by atoms with Crippen molar-refractivity contribution in [2.24, 2.45) is 11.7 Å². The molecule has 0 bridgehead atoms. The highest BCUT2D eigenvalue weighted by Crippen LogP contribution is 2.23. The zero-order valence-corrected chi connectivity index (χ0v) is 11.5. The van der Waals surface area contributed by atoms with Gasteiger partial charge < -0.3 is 20.5 Å². The Labute approximate surface area is 109 Å². The Kier molecular flexibility index (Phi) is 6.54. The fraction of sp³-hybridized carbons (Fsp3) is 0.571. The van der Waals surface area contributed by atoms with Gasteiger partial charge >= 0.3 is 0 Å². The molecule has 18 heavy (non-hydrogen) atoms. The minimum atomic E-state index is 0.560. The molecule has 4 heteroatoms. The molecule has 0 heterocycles. The lowest BCUT2D eigenvalue weighted by atomic mass is 10.1. The molecule has 1 unspecified atom stereocenters. The number of hydrogen-bond acceptors (Lipinski definition) is 4. The fourth-order valence-electron chi connectivity index (χ4n) is 1.71. The summed E-state index contributed by atoms with van der Waals surface area (Å²) >= 11 is 0. The molecule has 1 rings (SSSR count). The molecule has 102 valence electrons. The monoisotopic (exact) mass is 252 g/mol. The lowest BCUT2D eigenvalue weighted by molar-refractivity contribution is 0.396. The smallest absolute Gasteiger partial charge is 0.123 e. The molecule has 0 spiro atoms. The van der Waals surface area contributed by atoms with E-state index in [9.17, 15) is 0 Å². The van der Waals surface area contributed by atoms with Gasteiger partial charge in [0.2, 0.25) is 0 Å². The van der Waals surface area contributed by atoms with E-state index < -0.39 is 0 Å². The van der Waals surface area contributed by atoms with Gasteiger partial charge in [0.05, 0.1) is 14.2 Å². The van der Waals surface area contributed by atoms with E-state index in [1.807, 2.05) is 18.2 Å². The predicted molar refractivity (Wildman–Crippen MR) is 74.1 cm³/mol. The van der Waals surface area contributed by atoms with Crippen molar-refractivity contribution in [1.82, 2.24) is 5.32 Å². The quantitative estimate of drug-likeness (QED) is 0.692. The molecule has 0 fully saturated rings. The summed E-state index contributed by atoms with van der Waals surface area (Å²) in [6.45, 7) is 4.63. The van der Waals surface area contributed by atoms with Crippen LogP contribution in [0.4, 0.5) is 0 Å². The van der Waals surface area contributed by atoms with Crippen LogP contribution in [0.15, 0.2) is 18.2 Å². The lowest BCUT2D eigenvalue weighted by Gasteiger charge is -2.12. The maximum absolute atomic E-state index is 5.58. The first kappa shape index (κ1) is 14.8. The summed E-state index contributed by atoms with van der Waals surface area (Å²) in [6.07, 6.45) is 1.09. The second-order valence-electron chi connectivity index (χ2n) is 4.48. The van der Waals surface area contributed by atoms with E-state index in [-0.39, 0.29) is 0 Å². The molecule has 0 aromatic heterocycles. The van der Waals surface area contributed by atoms with Crippen LogP contribution in [0.2, 0.25) is 0 Å². The first-order chi connectivity index (χ1) is 8.71. The summed E-state index contributed by atoms with van der Waals surface area (Å²) in [6, 6.07) is 5.83. The van der Waals surface area contributed by atoms with Crippen molar-refractivity contribution < 1.29 is 9.47 Å². The Bertz CT molecular complexity index is 356. The van der Waals surface area contributed by atoms with Crippen molar-refractivity contribution in [1.29, 1.82) is 0 Å². The molecule has 0 radical (unpaired) electrons. The zero-order chi connectivity index (χ0) is 13.4. The zero-order valence-electron chi connectivity index (χ0n) is 11.5. The maximum Gasteiger partial charge on any atom is 0.123 e. The van der Waals surface area contributed by atoms with Crippen LogP contribution < -0.4 is 20.5 Å². The van der Waals surface area contributed by atoms with E-state index in [2.05, 4.69) is 12.2 Å². The van der Waals surface area contributed by atoms with Crippen molar-refractivity contribution in [3.05, 3.63) is 23.8 Å². The van der Waals surface area contributed by atoms with Crippen LogP contribution in [0.5, 0.6) is 11.5 Å². The number of nitrogens with two attached hydrogens (primary N) is 1. The molecule has 0 amide bonds. The first-order valence-electron chi connectivity index (χ1n) is 6.33. The number of ether oxygens (including phenoxy) is 2. The Balaban J connectivity index is 2.49. The number of benzene rings is 1. The van der Waals surface area contributed by atoms with Crippen molar-refractivity contribution in [3.8, 4) is 11.5 Å². The van der Waals surface area contributed by atoms with Crippen LogP contribution in [0.25, 0.3) is 0 Å². The Morgan fingerprint density at radius 3 is 2.67 bits per heavy atom. The predicted octanol–water partition coefficient (Wildman–Crippen LogP) is 1.78. The summed E-state index contributed by atoms with van der Waals surface area (Å²) < 4.78 is 10.5. The van der Waals surface area contributed by atoms with Gasteiger partial charge in [0.25, 0.3) is 0 Å². The topological polar surface area (TPSA) is 56.5 Å². The minimum absolute atomic E-state index is 0.560. The van der Waals surface area contributed by atoms with Gasteiger partial charge in [0.1, 0.15) is 11.5 Å². The maximum atomic E-state index is 5.58. The van der Waals surface area contributed by atoms with E-state index in [0.717, 1.165) is 43.1 Å². The third kappa shape index (κ3) is 4.55. The van der Waals surface area contributed by atoms with Gasteiger partial charge in [-0.05, 0) is 43.6 Å². The largest absolute Gasteiger partial charge is 0.497 e. The highest BCUT2D eigenvalue weighted by atomic mass is 16.5.